The average molecular weight is 260 g/mol. The van der Waals surface area contributed by atoms with Gasteiger partial charge in [-0.25, -0.2) is 9.37 Å². The number of hydrogen-bond donors (Lipinski definition) is 1. The van der Waals surface area contributed by atoms with E-state index in [2.05, 4.69) is 9.97 Å². The zero-order valence-electron chi connectivity index (χ0n) is 9.87. The molecule has 1 aromatic carbocycles. The molecule has 1 aliphatic carbocycles. The van der Waals surface area contributed by atoms with Crippen LogP contribution in [-0.2, 0) is 12.8 Å². The van der Waals surface area contributed by atoms with Crippen molar-refractivity contribution in [3.05, 3.63) is 46.0 Å². The number of rotatable bonds is 1. The van der Waals surface area contributed by atoms with E-state index in [0.717, 1.165) is 34.6 Å². The lowest BCUT2D eigenvalue weighted by Crippen LogP contribution is -2.08. The molecule has 0 atom stereocenters. The fraction of sp³-hybridized carbons (Fsp3) is 0.286. The number of halogens is 1. The first kappa shape index (κ1) is 11.5. The minimum atomic E-state index is -0.240. The van der Waals surface area contributed by atoms with E-state index in [1.165, 1.54) is 30.5 Å². The number of nitrogens with one attached hydrogen (secondary N) is 1. The summed E-state index contributed by atoms with van der Waals surface area (Å²) in [5.74, 6) is 0.496. The highest BCUT2D eigenvalue weighted by atomic mass is 32.1. The molecule has 18 heavy (non-hydrogen) atoms. The molecule has 1 aliphatic rings. The fourth-order valence-corrected chi connectivity index (χ4v) is 2.66. The third kappa shape index (κ3) is 2.08. The molecule has 2 aromatic rings. The summed E-state index contributed by atoms with van der Waals surface area (Å²) in [6.45, 7) is 0. The van der Waals surface area contributed by atoms with E-state index in [1.54, 1.807) is 12.1 Å². The molecule has 0 radical (unpaired) electrons. The molecule has 0 unspecified atom stereocenters. The van der Waals surface area contributed by atoms with Crippen LogP contribution in [0.2, 0.25) is 0 Å². The zero-order chi connectivity index (χ0) is 12.5. The van der Waals surface area contributed by atoms with Crippen molar-refractivity contribution in [3.8, 4) is 11.4 Å². The molecule has 0 aliphatic heterocycles. The SMILES string of the molecule is Fc1ccc(-c2nc3c(c(=S)[nH]2)CCCC3)cc1. The fourth-order valence-electron chi connectivity index (χ4n) is 2.35. The summed E-state index contributed by atoms with van der Waals surface area (Å²) < 4.78 is 13.7. The third-order valence-corrected chi connectivity index (χ3v) is 3.66. The van der Waals surface area contributed by atoms with Gasteiger partial charge >= 0.3 is 0 Å². The van der Waals surface area contributed by atoms with Gasteiger partial charge in [0.15, 0.2) is 0 Å². The lowest BCUT2D eigenvalue weighted by molar-refractivity contribution is 0.628. The number of aromatic amines is 1. The highest BCUT2D eigenvalue weighted by Crippen LogP contribution is 2.23. The number of aryl methyl sites for hydroxylation is 1. The Labute approximate surface area is 110 Å². The van der Waals surface area contributed by atoms with Crippen molar-refractivity contribution in [3.63, 3.8) is 0 Å². The van der Waals surface area contributed by atoms with E-state index in [-0.39, 0.29) is 5.82 Å². The molecule has 92 valence electrons. The van der Waals surface area contributed by atoms with Crippen LogP contribution in [0.1, 0.15) is 24.1 Å². The first-order chi connectivity index (χ1) is 8.74. The molecule has 1 N–H and O–H groups in total. The highest BCUT2D eigenvalue weighted by Gasteiger charge is 2.14. The minimum Gasteiger partial charge on any atom is -0.331 e. The van der Waals surface area contributed by atoms with Crippen LogP contribution >= 0.6 is 12.2 Å². The molecule has 0 saturated heterocycles. The highest BCUT2D eigenvalue weighted by molar-refractivity contribution is 7.71. The summed E-state index contributed by atoms with van der Waals surface area (Å²) in [4.78, 5) is 7.78. The number of fused-ring (bicyclic) bond motifs is 1. The lowest BCUT2D eigenvalue weighted by Gasteiger charge is -2.15. The Morgan fingerprint density at radius 2 is 1.83 bits per heavy atom. The van der Waals surface area contributed by atoms with Crippen LogP contribution in [0.4, 0.5) is 4.39 Å². The molecule has 3 rings (SSSR count). The van der Waals surface area contributed by atoms with Gasteiger partial charge in [0.2, 0.25) is 0 Å². The molecule has 0 fully saturated rings. The van der Waals surface area contributed by atoms with Crippen LogP contribution < -0.4 is 0 Å². The molecule has 0 amide bonds. The molecular weight excluding hydrogens is 247 g/mol. The number of nitrogens with zero attached hydrogens (tertiary/aromatic N) is 1. The second-order valence-corrected chi connectivity index (χ2v) is 4.96. The molecule has 0 bridgehead atoms. The number of H-pyrrole nitrogens is 1. The van der Waals surface area contributed by atoms with Crippen molar-refractivity contribution < 1.29 is 4.39 Å². The van der Waals surface area contributed by atoms with Crippen molar-refractivity contribution in [2.24, 2.45) is 0 Å². The minimum absolute atomic E-state index is 0.240. The van der Waals surface area contributed by atoms with Gasteiger partial charge in [-0.3, -0.25) is 0 Å². The van der Waals surface area contributed by atoms with Gasteiger partial charge in [-0.1, -0.05) is 12.2 Å². The lowest BCUT2D eigenvalue weighted by atomic mass is 9.97. The molecular formula is C14H13FN2S. The Bertz CT molecular complexity index is 631. The van der Waals surface area contributed by atoms with Crippen molar-refractivity contribution in [1.82, 2.24) is 9.97 Å². The van der Waals surface area contributed by atoms with Crippen LogP contribution in [0.5, 0.6) is 0 Å². The maximum Gasteiger partial charge on any atom is 0.138 e. The van der Waals surface area contributed by atoms with Crippen LogP contribution in [-0.4, -0.2) is 9.97 Å². The molecule has 1 heterocycles. The summed E-state index contributed by atoms with van der Waals surface area (Å²) in [6, 6.07) is 6.32. The topological polar surface area (TPSA) is 28.7 Å². The Kier molecular flexibility index (Phi) is 2.96. The van der Waals surface area contributed by atoms with E-state index in [4.69, 9.17) is 12.2 Å². The smallest absolute Gasteiger partial charge is 0.138 e. The monoisotopic (exact) mass is 260 g/mol. The van der Waals surface area contributed by atoms with Gasteiger partial charge in [0.25, 0.3) is 0 Å². The third-order valence-electron chi connectivity index (χ3n) is 3.31. The van der Waals surface area contributed by atoms with Gasteiger partial charge in [0.05, 0.1) is 0 Å². The van der Waals surface area contributed by atoms with Gasteiger partial charge < -0.3 is 4.98 Å². The first-order valence-electron chi connectivity index (χ1n) is 6.12. The van der Waals surface area contributed by atoms with E-state index in [9.17, 15) is 4.39 Å². The van der Waals surface area contributed by atoms with Crippen LogP contribution in [0.25, 0.3) is 11.4 Å². The van der Waals surface area contributed by atoms with Crippen molar-refractivity contribution >= 4 is 12.2 Å². The van der Waals surface area contributed by atoms with Gasteiger partial charge in [0, 0.05) is 16.8 Å². The average Bonchev–Trinajstić information content (AvgIpc) is 2.39. The normalized spacial score (nSPS) is 14.3. The zero-order valence-corrected chi connectivity index (χ0v) is 10.7. The molecule has 2 nitrogen and oxygen atoms in total. The van der Waals surface area contributed by atoms with Gasteiger partial charge in [-0.15, -0.1) is 0 Å². The van der Waals surface area contributed by atoms with E-state index in [1.807, 2.05) is 0 Å². The van der Waals surface area contributed by atoms with Crippen molar-refractivity contribution in [2.75, 3.05) is 0 Å². The molecule has 1 aromatic heterocycles. The van der Waals surface area contributed by atoms with Crippen molar-refractivity contribution in [2.45, 2.75) is 25.7 Å². The quantitative estimate of drug-likeness (QED) is 0.789. The van der Waals surface area contributed by atoms with Crippen LogP contribution in [0, 0.1) is 10.5 Å². The van der Waals surface area contributed by atoms with E-state index in [0.29, 0.717) is 0 Å². The van der Waals surface area contributed by atoms with Gasteiger partial charge in [0.1, 0.15) is 16.3 Å². The number of aromatic nitrogens is 2. The Morgan fingerprint density at radius 1 is 1.11 bits per heavy atom. The molecule has 0 saturated carbocycles. The summed E-state index contributed by atoms with van der Waals surface area (Å²) in [6.07, 6.45) is 4.35. The largest absolute Gasteiger partial charge is 0.331 e. The predicted molar refractivity (Wildman–Crippen MR) is 71.5 cm³/mol. The maximum absolute atomic E-state index is 12.9. The van der Waals surface area contributed by atoms with Gasteiger partial charge in [-0.2, -0.15) is 0 Å². The summed E-state index contributed by atoms with van der Waals surface area (Å²) in [5.41, 5.74) is 3.15. The first-order valence-corrected chi connectivity index (χ1v) is 6.53. The second-order valence-electron chi connectivity index (χ2n) is 4.55. The Balaban J connectivity index is 2.11. The van der Waals surface area contributed by atoms with Crippen LogP contribution in [0.3, 0.4) is 0 Å². The number of benzene rings is 1. The van der Waals surface area contributed by atoms with Crippen LogP contribution in [0.15, 0.2) is 24.3 Å². The van der Waals surface area contributed by atoms with Crippen molar-refractivity contribution in [1.29, 1.82) is 0 Å². The Morgan fingerprint density at radius 3 is 2.61 bits per heavy atom. The molecule has 4 heteroatoms. The molecule has 0 spiro atoms. The standard InChI is InChI=1S/C14H13FN2S/c15-10-7-5-9(6-8-10)13-16-12-4-2-1-3-11(12)14(18)17-13/h5-8H,1-4H2,(H,16,17,18). The maximum atomic E-state index is 12.9. The summed E-state index contributed by atoms with van der Waals surface area (Å²) in [7, 11) is 0. The summed E-state index contributed by atoms with van der Waals surface area (Å²) in [5, 5.41) is 0. The predicted octanol–water partition coefficient (Wildman–Crippen LogP) is 3.82. The second kappa shape index (κ2) is 4.61. The van der Waals surface area contributed by atoms with E-state index >= 15 is 0 Å². The van der Waals surface area contributed by atoms with E-state index < -0.39 is 0 Å². The summed E-state index contributed by atoms with van der Waals surface area (Å²) >= 11 is 5.38. The Hall–Kier alpha value is -1.55. The van der Waals surface area contributed by atoms with Gasteiger partial charge in [-0.05, 0) is 49.9 Å². The number of hydrogen-bond acceptors (Lipinski definition) is 2.